The van der Waals surface area contributed by atoms with Crippen LogP contribution in [0.2, 0.25) is 0 Å². The van der Waals surface area contributed by atoms with Gasteiger partial charge in [0.15, 0.2) is 0 Å². The Hall–Kier alpha value is -0.830. The van der Waals surface area contributed by atoms with Crippen LogP contribution in [-0.2, 0) is 6.42 Å². The maximum Gasteiger partial charge on any atom is 0.0168 e. The molecule has 0 aliphatic rings. The van der Waals surface area contributed by atoms with E-state index in [1.807, 2.05) is 0 Å². The monoisotopic (exact) mass is 364 g/mol. The van der Waals surface area contributed by atoms with Gasteiger partial charge in [0.2, 0.25) is 0 Å². The quantitative estimate of drug-likeness (QED) is 0.595. The summed E-state index contributed by atoms with van der Waals surface area (Å²) in [6.45, 7) is 11.1. The van der Waals surface area contributed by atoms with Crippen molar-refractivity contribution in [2.24, 2.45) is 0 Å². The van der Waals surface area contributed by atoms with E-state index in [-0.39, 0.29) is 0 Å². The van der Waals surface area contributed by atoms with Crippen LogP contribution in [-0.4, -0.2) is 0 Å². The van der Waals surface area contributed by atoms with Crippen molar-refractivity contribution in [1.82, 2.24) is 0 Å². The predicted octanol–water partition coefficient (Wildman–Crippen LogP) is 5.75. The average Bonchev–Trinajstić information content (AvgIpc) is 2.38. The highest BCUT2D eigenvalue weighted by Crippen LogP contribution is 2.29. The number of hydrogen-bond acceptors (Lipinski definition) is 0. The van der Waals surface area contributed by atoms with Gasteiger partial charge in [0.05, 0.1) is 0 Å². The van der Waals surface area contributed by atoms with Gasteiger partial charge in [-0.2, -0.15) is 0 Å². The summed E-state index contributed by atoms with van der Waals surface area (Å²) >= 11 is 2.44. The van der Waals surface area contributed by atoms with E-state index < -0.39 is 0 Å². The lowest BCUT2D eigenvalue weighted by Gasteiger charge is -2.13. The standard InChI is InChI=1S/C18H21I/c1-6-15-9-16(7-11(2)13(15)4)17-8-12(3)14(5)18(19)10-17/h7-10H,6H2,1-5H3. The summed E-state index contributed by atoms with van der Waals surface area (Å²) in [6, 6.07) is 9.27. The molecule has 19 heavy (non-hydrogen) atoms. The average molecular weight is 364 g/mol. The van der Waals surface area contributed by atoms with Crippen LogP contribution in [0.5, 0.6) is 0 Å². The highest BCUT2D eigenvalue weighted by molar-refractivity contribution is 14.1. The summed E-state index contributed by atoms with van der Waals surface area (Å²) in [4.78, 5) is 0. The van der Waals surface area contributed by atoms with Crippen molar-refractivity contribution in [3.05, 3.63) is 55.7 Å². The Balaban J connectivity index is 2.62. The third-order valence-electron chi connectivity index (χ3n) is 4.09. The van der Waals surface area contributed by atoms with Crippen molar-refractivity contribution < 1.29 is 0 Å². The molecule has 0 aliphatic heterocycles. The van der Waals surface area contributed by atoms with Crippen molar-refractivity contribution in [3.8, 4) is 11.1 Å². The van der Waals surface area contributed by atoms with Crippen molar-refractivity contribution in [1.29, 1.82) is 0 Å². The number of rotatable bonds is 2. The summed E-state index contributed by atoms with van der Waals surface area (Å²) in [5.74, 6) is 0. The summed E-state index contributed by atoms with van der Waals surface area (Å²) < 4.78 is 1.35. The van der Waals surface area contributed by atoms with Gasteiger partial charge in [-0.15, -0.1) is 0 Å². The second-order valence-electron chi connectivity index (χ2n) is 5.33. The molecular weight excluding hydrogens is 343 g/mol. The Morgan fingerprint density at radius 1 is 0.789 bits per heavy atom. The summed E-state index contributed by atoms with van der Waals surface area (Å²) in [6.07, 6.45) is 1.10. The highest BCUT2D eigenvalue weighted by Gasteiger charge is 2.08. The molecule has 2 aromatic rings. The van der Waals surface area contributed by atoms with Crippen LogP contribution in [0.15, 0.2) is 24.3 Å². The second-order valence-corrected chi connectivity index (χ2v) is 6.49. The van der Waals surface area contributed by atoms with Crippen LogP contribution in [0.4, 0.5) is 0 Å². The lowest BCUT2D eigenvalue weighted by atomic mass is 9.93. The van der Waals surface area contributed by atoms with E-state index >= 15 is 0 Å². The van der Waals surface area contributed by atoms with Gasteiger partial charge < -0.3 is 0 Å². The van der Waals surface area contributed by atoms with Gasteiger partial charge in [-0.3, -0.25) is 0 Å². The lowest BCUT2D eigenvalue weighted by molar-refractivity contribution is 1.09. The van der Waals surface area contributed by atoms with Crippen LogP contribution in [0.25, 0.3) is 11.1 Å². The zero-order valence-corrected chi connectivity index (χ0v) is 14.6. The molecule has 0 saturated heterocycles. The fourth-order valence-electron chi connectivity index (χ4n) is 2.45. The smallest absolute Gasteiger partial charge is 0.0168 e. The lowest BCUT2D eigenvalue weighted by Crippen LogP contribution is -1.94. The largest absolute Gasteiger partial charge is 0.0613 e. The Kier molecular flexibility index (Phi) is 4.34. The first-order valence-corrected chi connectivity index (χ1v) is 7.89. The van der Waals surface area contributed by atoms with Gasteiger partial charge >= 0.3 is 0 Å². The molecule has 0 saturated carbocycles. The Labute approximate surface area is 130 Å². The van der Waals surface area contributed by atoms with Gasteiger partial charge in [-0.25, -0.2) is 0 Å². The summed E-state index contributed by atoms with van der Waals surface area (Å²) in [5.41, 5.74) is 9.74. The topological polar surface area (TPSA) is 0 Å². The van der Waals surface area contributed by atoms with E-state index in [2.05, 4.69) is 81.5 Å². The minimum absolute atomic E-state index is 1.10. The van der Waals surface area contributed by atoms with Crippen LogP contribution in [0, 0.1) is 31.3 Å². The first kappa shape index (κ1) is 14.6. The molecule has 0 heterocycles. The number of benzene rings is 2. The van der Waals surface area contributed by atoms with Gasteiger partial charge in [-0.1, -0.05) is 25.1 Å². The molecule has 2 rings (SSSR count). The SMILES string of the molecule is CCc1cc(-c2cc(C)c(C)c(I)c2)cc(C)c1C. The van der Waals surface area contributed by atoms with Crippen molar-refractivity contribution >= 4 is 22.6 Å². The van der Waals surface area contributed by atoms with Crippen LogP contribution < -0.4 is 0 Å². The molecule has 1 heteroatoms. The molecular formula is C18H21I. The molecule has 0 amide bonds. The Morgan fingerprint density at radius 3 is 1.84 bits per heavy atom. The van der Waals surface area contributed by atoms with E-state index in [4.69, 9.17) is 0 Å². The number of aryl methyl sites for hydroxylation is 3. The molecule has 0 bridgehead atoms. The third-order valence-corrected chi connectivity index (χ3v) is 5.21. The van der Waals surface area contributed by atoms with Crippen LogP contribution in [0.3, 0.4) is 0 Å². The third kappa shape index (κ3) is 2.86. The van der Waals surface area contributed by atoms with Crippen LogP contribution >= 0.6 is 22.6 Å². The van der Waals surface area contributed by atoms with Gasteiger partial charge in [0.1, 0.15) is 0 Å². The van der Waals surface area contributed by atoms with Gasteiger partial charge in [0, 0.05) is 3.57 Å². The molecule has 0 N–H and O–H groups in total. The fourth-order valence-corrected chi connectivity index (χ4v) is 3.21. The molecule has 0 aromatic heterocycles. The number of halogens is 1. The molecule has 100 valence electrons. The minimum atomic E-state index is 1.10. The first-order valence-electron chi connectivity index (χ1n) is 6.81. The molecule has 0 aliphatic carbocycles. The maximum absolute atomic E-state index is 2.44. The molecule has 0 nitrogen and oxygen atoms in total. The summed E-state index contributed by atoms with van der Waals surface area (Å²) in [7, 11) is 0. The Morgan fingerprint density at radius 2 is 1.32 bits per heavy atom. The van der Waals surface area contributed by atoms with Crippen molar-refractivity contribution in [2.75, 3.05) is 0 Å². The zero-order valence-electron chi connectivity index (χ0n) is 12.4. The van der Waals surface area contributed by atoms with E-state index in [1.54, 1.807) is 0 Å². The first-order chi connectivity index (χ1) is 8.93. The van der Waals surface area contributed by atoms with Gasteiger partial charge in [0.25, 0.3) is 0 Å². The van der Waals surface area contributed by atoms with Gasteiger partial charge in [-0.05, 0) is 102 Å². The zero-order chi connectivity index (χ0) is 14.2. The molecule has 0 spiro atoms. The highest BCUT2D eigenvalue weighted by atomic mass is 127. The minimum Gasteiger partial charge on any atom is -0.0613 e. The molecule has 0 atom stereocenters. The molecule has 0 fully saturated rings. The van der Waals surface area contributed by atoms with E-state index in [9.17, 15) is 0 Å². The van der Waals surface area contributed by atoms with Crippen LogP contribution in [0.1, 0.15) is 34.7 Å². The number of hydrogen-bond donors (Lipinski definition) is 0. The van der Waals surface area contributed by atoms with Crippen molar-refractivity contribution in [2.45, 2.75) is 41.0 Å². The predicted molar refractivity (Wildman–Crippen MR) is 92.9 cm³/mol. The molecule has 2 aromatic carbocycles. The normalized spacial score (nSPS) is 10.8. The van der Waals surface area contributed by atoms with E-state index in [0.717, 1.165) is 6.42 Å². The fraction of sp³-hybridized carbons (Fsp3) is 0.333. The van der Waals surface area contributed by atoms with E-state index in [0.29, 0.717) is 0 Å². The second kappa shape index (κ2) is 5.66. The van der Waals surface area contributed by atoms with E-state index in [1.165, 1.54) is 42.5 Å². The maximum atomic E-state index is 2.44. The summed E-state index contributed by atoms with van der Waals surface area (Å²) in [5, 5.41) is 0. The molecule has 0 unspecified atom stereocenters. The Bertz CT molecular complexity index is 601. The molecule has 0 radical (unpaired) electrons. The van der Waals surface area contributed by atoms with Crippen molar-refractivity contribution in [3.63, 3.8) is 0 Å².